The van der Waals surface area contributed by atoms with Crippen molar-refractivity contribution in [1.82, 2.24) is 4.90 Å². The lowest BCUT2D eigenvalue weighted by atomic mass is 10.3. The summed E-state index contributed by atoms with van der Waals surface area (Å²) in [6.45, 7) is 3.07. The van der Waals surface area contributed by atoms with Crippen molar-refractivity contribution >= 4 is 35.6 Å². The van der Waals surface area contributed by atoms with Gasteiger partial charge in [0.1, 0.15) is 0 Å². The Morgan fingerprint density at radius 3 is 2.73 bits per heavy atom. The zero-order valence-corrected chi connectivity index (χ0v) is 15.5. The number of ether oxygens (including phenoxy) is 2. The van der Waals surface area contributed by atoms with Crippen molar-refractivity contribution in [3.8, 4) is 11.5 Å². The number of halogens is 1. The first-order valence-electron chi connectivity index (χ1n) is 7.26. The van der Waals surface area contributed by atoms with Gasteiger partial charge in [-0.25, -0.2) is 0 Å². The molecule has 0 saturated carbocycles. The molecule has 6 nitrogen and oxygen atoms in total. The number of rotatable bonds is 5. The van der Waals surface area contributed by atoms with Gasteiger partial charge in [-0.2, -0.15) is 0 Å². The van der Waals surface area contributed by atoms with Crippen LogP contribution < -0.4 is 20.5 Å². The molecule has 1 heterocycles. The van der Waals surface area contributed by atoms with Crippen molar-refractivity contribution in [3.63, 3.8) is 0 Å². The minimum Gasteiger partial charge on any atom is -0.490 e. The standard InChI is InChI=1S/C15H24N4O2.HI/c1-19(2)8-3-7-17-15(16)18-12-5-6-13-14(11-12)21-10-4-9-20-13;/h5-6,11H,3-4,7-10H2,1-2H3,(H3,16,17,18);1H. The van der Waals surface area contributed by atoms with Crippen LogP contribution in [0.2, 0.25) is 0 Å². The van der Waals surface area contributed by atoms with Crippen LogP contribution in [0.5, 0.6) is 11.5 Å². The predicted octanol–water partition coefficient (Wildman–Crippen LogP) is 2.14. The second-order valence-corrected chi connectivity index (χ2v) is 5.26. The molecule has 0 aliphatic carbocycles. The Labute approximate surface area is 149 Å². The van der Waals surface area contributed by atoms with Gasteiger partial charge in [-0.05, 0) is 39.2 Å². The van der Waals surface area contributed by atoms with Gasteiger partial charge in [0, 0.05) is 24.7 Å². The average Bonchev–Trinajstić information content (AvgIpc) is 2.68. The van der Waals surface area contributed by atoms with E-state index in [4.69, 9.17) is 15.2 Å². The zero-order valence-electron chi connectivity index (χ0n) is 13.2. The molecule has 0 bridgehead atoms. The Bertz CT molecular complexity index is 494. The number of nitrogens with one attached hydrogen (secondary N) is 1. The molecule has 0 spiro atoms. The van der Waals surface area contributed by atoms with Crippen LogP contribution >= 0.6 is 24.0 Å². The smallest absolute Gasteiger partial charge is 0.193 e. The fourth-order valence-electron chi connectivity index (χ4n) is 2.01. The number of fused-ring (bicyclic) bond motifs is 1. The number of guanidine groups is 1. The minimum absolute atomic E-state index is 0. The van der Waals surface area contributed by atoms with Crippen molar-refractivity contribution in [2.45, 2.75) is 12.8 Å². The average molecular weight is 420 g/mol. The monoisotopic (exact) mass is 420 g/mol. The van der Waals surface area contributed by atoms with E-state index in [1.807, 2.05) is 32.3 Å². The number of hydrogen-bond donors (Lipinski definition) is 2. The third-order valence-electron chi connectivity index (χ3n) is 3.07. The van der Waals surface area contributed by atoms with Gasteiger partial charge in [-0.15, -0.1) is 24.0 Å². The molecule has 7 heteroatoms. The van der Waals surface area contributed by atoms with Crippen LogP contribution in [-0.4, -0.2) is 51.3 Å². The molecule has 1 aliphatic heterocycles. The van der Waals surface area contributed by atoms with E-state index in [1.54, 1.807) is 0 Å². The summed E-state index contributed by atoms with van der Waals surface area (Å²) in [6, 6.07) is 5.70. The fourth-order valence-corrected chi connectivity index (χ4v) is 2.01. The first kappa shape index (κ1) is 18.8. The number of nitrogens with zero attached hydrogens (tertiary/aromatic N) is 2. The van der Waals surface area contributed by atoms with Crippen molar-refractivity contribution in [2.24, 2.45) is 10.7 Å². The van der Waals surface area contributed by atoms with Crippen molar-refractivity contribution in [3.05, 3.63) is 18.2 Å². The highest BCUT2D eigenvalue weighted by molar-refractivity contribution is 14.0. The maximum Gasteiger partial charge on any atom is 0.193 e. The van der Waals surface area contributed by atoms with Crippen LogP contribution in [0.25, 0.3) is 0 Å². The van der Waals surface area contributed by atoms with Crippen molar-refractivity contribution in [2.75, 3.05) is 45.7 Å². The molecular formula is C15H25IN4O2. The van der Waals surface area contributed by atoms with Gasteiger partial charge in [-0.3, -0.25) is 4.99 Å². The second-order valence-electron chi connectivity index (χ2n) is 5.26. The molecule has 0 aromatic heterocycles. The summed E-state index contributed by atoms with van der Waals surface area (Å²) in [5.74, 6) is 1.95. The molecule has 22 heavy (non-hydrogen) atoms. The molecule has 1 aromatic carbocycles. The van der Waals surface area contributed by atoms with E-state index in [0.717, 1.165) is 36.6 Å². The molecule has 1 aromatic rings. The third-order valence-corrected chi connectivity index (χ3v) is 3.07. The van der Waals surface area contributed by atoms with E-state index in [9.17, 15) is 0 Å². The van der Waals surface area contributed by atoms with E-state index in [-0.39, 0.29) is 24.0 Å². The summed E-state index contributed by atoms with van der Waals surface area (Å²) in [5, 5.41) is 3.08. The lowest BCUT2D eigenvalue weighted by Gasteiger charge is -2.11. The number of nitrogens with two attached hydrogens (primary N) is 1. The van der Waals surface area contributed by atoms with Crippen LogP contribution in [-0.2, 0) is 0 Å². The van der Waals surface area contributed by atoms with Gasteiger partial charge in [-0.1, -0.05) is 0 Å². The van der Waals surface area contributed by atoms with Gasteiger partial charge in [0.25, 0.3) is 0 Å². The molecule has 0 unspecified atom stereocenters. The van der Waals surface area contributed by atoms with Crippen LogP contribution in [0.1, 0.15) is 12.8 Å². The number of hydrogen-bond acceptors (Lipinski definition) is 4. The Hall–Kier alpha value is -1.22. The highest BCUT2D eigenvalue weighted by Gasteiger charge is 2.10. The number of aliphatic imine (C=N–C) groups is 1. The summed E-state index contributed by atoms with van der Waals surface area (Å²) in [5.41, 5.74) is 6.74. The SMILES string of the molecule is CN(C)CCCN=C(N)Nc1ccc2c(c1)OCCCO2.I. The van der Waals surface area contributed by atoms with Crippen molar-refractivity contribution in [1.29, 1.82) is 0 Å². The van der Waals surface area contributed by atoms with Crippen LogP contribution in [0.15, 0.2) is 23.2 Å². The van der Waals surface area contributed by atoms with Gasteiger partial charge >= 0.3 is 0 Å². The summed E-state index contributed by atoms with van der Waals surface area (Å²) in [7, 11) is 4.09. The topological polar surface area (TPSA) is 72.1 Å². The van der Waals surface area contributed by atoms with E-state index >= 15 is 0 Å². The molecule has 1 aliphatic rings. The minimum atomic E-state index is 0. The van der Waals surface area contributed by atoms with Crippen molar-refractivity contribution < 1.29 is 9.47 Å². The summed E-state index contributed by atoms with van der Waals surface area (Å²) < 4.78 is 11.2. The first-order valence-corrected chi connectivity index (χ1v) is 7.26. The molecule has 0 radical (unpaired) electrons. The normalized spacial score (nSPS) is 14.2. The summed E-state index contributed by atoms with van der Waals surface area (Å²) in [4.78, 5) is 6.43. The molecular weight excluding hydrogens is 395 g/mol. The second kappa shape index (κ2) is 9.73. The summed E-state index contributed by atoms with van der Waals surface area (Å²) in [6.07, 6.45) is 1.88. The first-order chi connectivity index (χ1) is 10.1. The van der Waals surface area contributed by atoms with Crippen LogP contribution in [0.4, 0.5) is 5.69 Å². The Morgan fingerprint density at radius 1 is 1.27 bits per heavy atom. The molecule has 3 N–H and O–H groups in total. The Morgan fingerprint density at radius 2 is 2.00 bits per heavy atom. The molecule has 0 atom stereocenters. The number of benzene rings is 1. The third kappa shape index (κ3) is 6.27. The fraction of sp³-hybridized carbons (Fsp3) is 0.533. The van der Waals surface area contributed by atoms with Crippen LogP contribution in [0, 0.1) is 0 Å². The Kier molecular flexibility index (Phi) is 8.32. The zero-order chi connectivity index (χ0) is 15.1. The van der Waals surface area contributed by atoms with E-state index < -0.39 is 0 Å². The van der Waals surface area contributed by atoms with Gasteiger partial charge in [0.15, 0.2) is 17.5 Å². The van der Waals surface area contributed by atoms with Gasteiger partial charge in [0.2, 0.25) is 0 Å². The van der Waals surface area contributed by atoms with Gasteiger partial charge in [0.05, 0.1) is 13.2 Å². The Balaban J connectivity index is 0.00000242. The highest BCUT2D eigenvalue weighted by atomic mass is 127. The quantitative estimate of drug-likeness (QED) is 0.331. The lowest BCUT2D eigenvalue weighted by molar-refractivity contribution is 0.297. The maximum atomic E-state index is 5.88. The van der Waals surface area contributed by atoms with Gasteiger partial charge < -0.3 is 25.4 Å². The molecule has 2 rings (SSSR count). The van der Waals surface area contributed by atoms with E-state index in [0.29, 0.717) is 25.7 Å². The van der Waals surface area contributed by atoms with E-state index in [1.165, 1.54) is 0 Å². The number of anilines is 1. The largest absolute Gasteiger partial charge is 0.490 e. The molecule has 124 valence electrons. The molecule has 0 fully saturated rings. The van der Waals surface area contributed by atoms with E-state index in [2.05, 4.69) is 15.2 Å². The lowest BCUT2D eigenvalue weighted by Crippen LogP contribution is -2.23. The predicted molar refractivity (Wildman–Crippen MR) is 101 cm³/mol. The summed E-state index contributed by atoms with van der Waals surface area (Å²) >= 11 is 0. The molecule has 0 amide bonds. The highest BCUT2D eigenvalue weighted by Crippen LogP contribution is 2.32. The maximum absolute atomic E-state index is 5.88. The van der Waals surface area contributed by atoms with Crippen LogP contribution in [0.3, 0.4) is 0 Å². The molecule has 0 saturated heterocycles.